The van der Waals surface area contributed by atoms with E-state index in [4.69, 9.17) is 5.53 Å². The number of esters is 1. The number of rotatable bonds is 4. The average molecular weight is 221 g/mol. The highest BCUT2D eigenvalue weighted by atomic mass is 16.5. The van der Waals surface area contributed by atoms with E-state index in [1.165, 1.54) is 11.8 Å². The zero-order valence-electron chi connectivity index (χ0n) is 8.99. The van der Waals surface area contributed by atoms with E-state index in [-0.39, 0.29) is 6.54 Å². The molecule has 0 atom stereocenters. The lowest BCUT2D eigenvalue weighted by molar-refractivity contribution is 0.0588. The summed E-state index contributed by atoms with van der Waals surface area (Å²) in [6.07, 6.45) is 4.84. The van der Waals surface area contributed by atoms with Crippen LogP contribution >= 0.6 is 0 Å². The predicted octanol–water partition coefficient (Wildman–Crippen LogP) is 1.53. The standard InChI is InChI=1S/C9H11N5O2/c1-14-8(9(15)16-2)7(6-12-14)4-3-5-11-13-10/h3-4,6H,5H2,1-2H3. The molecule has 7 nitrogen and oxygen atoms in total. The number of aromatic nitrogens is 2. The number of nitrogens with zero attached hydrogens (tertiary/aromatic N) is 5. The number of hydrogen-bond acceptors (Lipinski definition) is 4. The van der Waals surface area contributed by atoms with Gasteiger partial charge in [-0.15, -0.1) is 0 Å². The lowest BCUT2D eigenvalue weighted by atomic mass is 10.2. The fraction of sp³-hybridized carbons (Fsp3) is 0.333. The second kappa shape index (κ2) is 5.57. The summed E-state index contributed by atoms with van der Waals surface area (Å²) in [4.78, 5) is 14.0. The second-order valence-corrected chi connectivity index (χ2v) is 2.88. The first kappa shape index (κ1) is 11.8. The van der Waals surface area contributed by atoms with Gasteiger partial charge in [0, 0.05) is 24.1 Å². The monoisotopic (exact) mass is 221 g/mol. The third-order valence-electron chi connectivity index (χ3n) is 1.89. The Balaban J connectivity index is 2.92. The molecule has 0 N–H and O–H groups in total. The minimum absolute atomic E-state index is 0.228. The van der Waals surface area contributed by atoms with Crippen LogP contribution in [0.15, 0.2) is 17.4 Å². The van der Waals surface area contributed by atoms with Crippen LogP contribution in [0.5, 0.6) is 0 Å². The van der Waals surface area contributed by atoms with E-state index in [1.807, 2.05) is 0 Å². The van der Waals surface area contributed by atoms with Gasteiger partial charge in [0.15, 0.2) is 5.69 Å². The number of azide groups is 1. The van der Waals surface area contributed by atoms with Crippen LogP contribution in [0.4, 0.5) is 0 Å². The van der Waals surface area contributed by atoms with Gasteiger partial charge < -0.3 is 4.74 Å². The van der Waals surface area contributed by atoms with Crippen molar-refractivity contribution in [2.45, 2.75) is 0 Å². The quantitative estimate of drug-likeness (QED) is 0.334. The SMILES string of the molecule is COC(=O)c1c(C=CCN=[N+]=[N-])cnn1C. The first-order valence-corrected chi connectivity index (χ1v) is 4.48. The van der Waals surface area contributed by atoms with Gasteiger partial charge in [-0.3, -0.25) is 4.68 Å². The lowest BCUT2D eigenvalue weighted by Crippen LogP contribution is -2.09. The molecule has 16 heavy (non-hydrogen) atoms. The van der Waals surface area contributed by atoms with Gasteiger partial charge in [0.05, 0.1) is 13.3 Å². The summed E-state index contributed by atoms with van der Waals surface area (Å²) in [7, 11) is 2.96. The fourth-order valence-corrected chi connectivity index (χ4v) is 1.19. The number of ether oxygens (including phenoxy) is 1. The number of methoxy groups -OCH3 is 1. The van der Waals surface area contributed by atoms with Crippen molar-refractivity contribution in [3.63, 3.8) is 0 Å². The molecule has 0 aliphatic heterocycles. The lowest BCUT2D eigenvalue weighted by Gasteiger charge is -2.00. The molecule has 1 aromatic rings. The molecule has 0 bridgehead atoms. The highest BCUT2D eigenvalue weighted by Gasteiger charge is 2.14. The Morgan fingerprint density at radius 2 is 2.56 bits per heavy atom. The van der Waals surface area contributed by atoms with Gasteiger partial charge in [-0.1, -0.05) is 17.3 Å². The number of carbonyl (C=O) groups excluding carboxylic acids is 1. The van der Waals surface area contributed by atoms with E-state index < -0.39 is 5.97 Å². The third kappa shape index (κ3) is 2.61. The Morgan fingerprint density at radius 1 is 1.81 bits per heavy atom. The van der Waals surface area contributed by atoms with Crippen LogP contribution in [0.2, 0.25) is 0 Å². The molecule has 0 saturated carbocycles. The van der Waals surface area contributed by atoms with E-state index in [0.717, 1.165) is 0 Å². The van der Waals surface area contributed by atoms with Gasteiger partial charge in [-0.2, -0.15) is 5.10 Å². The highest BCUT2D eigenvalue weighted by Crippen LogP contribution is 2.10. The molecule has 7 heteroatoms. The van der Waals surface area contributed by atoms with E-state index >= 15 is 0 Å². The number of hydrogen-bond donors (Lipinski definition) is 0. The van der Waals surface area contributed by atoms with Crippen molar-refractivity contribution in [2.24, 2.45) is 12.2 Å². The summed E-state index contributed by atoms with van der Waals surface area (Å²) >= 11 is 0. The van der Waals surface area contributed by atoms with Gasteiger partial charge in [0.25, 0.3) is 0 Å². The molecule has 0 amide bonds. The first-order chi connectivity index (χ1) is 7.70. The maximum atomic E-state index is 11.4. The molecule has 0 spiro atoms. The molecular weight excluding hydrogens is 210 g/mol. The van der Waals surface area contributed by atoms with E-state index in [9.17, 15) is 4.79 Å². The smallest absolute Gasteiger partial charge is 0.356 e. The molecule has 84 valence electrons. The van der Waals surface area contributed by atoms with Crippen LogP contribution in [0.25, 0.3) is 16.5 Å². The van der Waals surface area contributed by atoms with Crippen molar-refractivity contribution in [1.82, 2.24) is 9.78 Å². The van der Waals surface area contributed by atoms with Crippen molar-refractivity contribution in [1.29, 1.82) is 0 Å². The van der Waals surface area contributed by atoms with Gasteiger partial charge >= 0.3 is 5.97 Å². The van der Waals surface area contributed by atoms with Crippen LogP contribution in [0.1, 0.15) is 16.1 Å². The van der Waals surface area contributed by atoms with Crippen molar-refractivity contribution < 1.29 is 9.53 Å². The predicted molar refractivity (Wildman–Crippen MR) is 57.6 cm³/mol. The summed E-state index contributed by atoms with van der Waals surface area (Å²) in [5, 5.41) is 7.28. The average Bonchev–Trinajstić information content (AvgIpc) is 2.65. The van der Waals surface area contributed by atoms with Gasteiger partial charge in [0.1, 0.15) is 0 Å². The number of carbonyl (C=O) groups is 1. The normalized spacial score (nSPS) is 10.1. The van der Waals surface area contributed by atoms with E-state index in [0.29, 0.717) is 11.3 Å². The molecule has 1 heterocycles. The van der Waals surface area contributed by atoms with Crippen molar-refractivity contribution in [2.75, 3.05) is 13.7 Å². The fourth-order valence-electron chi connectivity index (χ4n) is 1.19. The largest absolute Gasteiger partial charge is 0.464 e. The van der Waals surface area contributed by atoms with E-state index in [1.54, 1.807) is 25.4 Å². The Morgan fingerprint density at radius 3 is 3.19 bits per heavy atom. The maximum Gasteiger partial charge on any atom is 0.356 e. The molecule has 0 unspecified atom stereocenters. The molecule has 0 radical (unpaired) electrons. The molecule has 1 rings (SSSR count). The van der Waals surface area contributed by atoms with Gasteiger partial charge in [-0.05, 0) is 5.53 Å². The van der Waals surface area contributed by atoms with Crippen molar-refractivity contribution in [3.8, 4) is 0 Å². The third-order valence-corrected chi connectivity index (χ3v) is 1.89. The minimum atomic E-state index is -0.455. The van der Waals surface area contributed by atoms with Crippen LogP contribution in [0.3, 0.4) is 0 Å². The Bertz CT molecular complexity index is 456. The Kier molecular flexibility index (Phi) is 4.11. The maximum absolute atomic E-state index is 11.4. The Labute approximate surface area is 91.9 Å². The summed E-state index contributed by atoms with van der Waals surface area (Å²) in [5.41, 5.74) is 9.07. The van der Waals surface area contributed by atoms with Crippen LogP contribution in [-0.4, -0.2) is 29.4 Å². The molecule has 0 fully saturated rings. The first-order valence-electron chi connectivity index (χ1n) is 4.48. The summed E-state index contributed by atoms with van der Waals surface area (Å²) in [6.45, 7) is 0.228. The zero-order chi connectivity index (χ0) is 12.0. The van der Waals surface area contributed by atoms with Gasteiger partial charge in [0.2, 0.25) is 0 Å². The zero-order valence-corrected chi connectivity index (χ0v) is 8.99. The van der Waals surface area contributed by atoms with Crippen molar-refractivity contribution >= 4 is 12.0 Å². The topological polar surface area (TPSA) is 92.9 Å². The second-order valence-electron chi connectivity index (χ2n) is 2.88. The molecular formula is C9H11N5O2. The van der Waals surface area contributed by atoms with Crippen LogP contribution in [-0.2, 0) is 11.8 Å². The summed E-state index contributed by atoms with van der Waals surface area (Å²) < 4.78 is 6.06. The molecule has 0 aliphatic carbocycles. The van der Waals surface area contributed by atoms with Crippen LogP contribution in [0, 0.1) is 0 Å². The minimum Gasteiger partial charge on any atom is -0.464 e. The molecule has 1 aromatic heterocycles. The van der Waals surface area contributed by atoms with Gasteiger partial charge in [-0.25, -0.2) is 4.79 Å². The molecule has 0 saturated heterocycles. The highest BCUT2D eigenvalue weighted by molar-refractivity contribution is 5.91. The summed E-state index contributed by atoms with van der Waals surface area (Å²) in [6, 6.07) is 0. The molecule has 0 aromatic carbocycles. The van der Waals surface area contributed by atoms with Crippen molar-refractivity contribution in [3.05, 3.63) is 34.0 Å². The summed E-state index contributed by atoms with van der Waals surface area (Å²) in [5.74, 6) is -0.455. The van der Waals surface area contributed by atoms with E-state index in [2.05, 4.69) is 19.9 Å². The van der Waals surface area contributed by atoms with Crippen LogP contribution < -0.4 is 0 Å². The number of aryl methyl sites for hydroxylation is 1. The molecule has 0 aliphatic rings. The Hall–Kier alpha value is -2.27.